The lowest BCUT2D eigenvalue weighted by molar-refractivity contribution is -0.131. The Morgan fingerprint density at radius 2 is 2.00 bits per heavy atom. The Balaban J connectivity index is 1.02. The Labute approximate surface area is 290 Å². The number of amides is 1. The first-order valence-corrected chi connectivity index (χ1v) is 17.5. The van der Waals surface area contributed by atoms with Gasteiger partial charge in [-0.3, -0.25) is 9.69 Å². The third kappa shape index (κ3) is 6.30. The van der Waals surface area contributed by atoms with Crippen molar-refractivity contribution in [3.05, 3.63) is 83.0 Å². The normalized spacial score (nSPS) is 22.4. The summed E-state index contributed by atoms with van der Waals surface area (Å²) in [5.74, 6) is 1.14. The van der Waals surface area contributed by atoms with Gasteiger partial charge in [0.05, 0.1) is 28.5 Å². The maximum Gasteiger partial charge on any atom is 0.318 e. The zero-order chi connectivity index (χ0) is 33.5. The molecule has 0 saturated carbocycles. The van der Waals surface area contributed by atoms with Crippen LogP contribution in [0.25, 0.3) is 16.8 Å². The lowest BCUT2D eigenvalue weighted by atomic mass is 9.95. The van der Waals surface area contributed by atoms with E-state index in [1.54, 1.807) is 24.4 Å². The van der Waals surface area contributed by atoms with E-state index in [0.717, 1.165) is 77.5 Å². The first-order valence-electron chi connectivity index (χ1n) is 17.1. The number of rotatable bonds is 9. The molecule has 6 heterocycles. The van der Waals surface area contributed by atoms with Gasteiger partial charge in [-0.1, -0.05) is 35.9 Å². The average molecular weight is 683 g/mol. The van der Waals surface area contributed by atoms with Crippen molar-refractivity contribution in [2.75, 3.05) is 62.7 Å². The van der Waals surface area contributed by atoms with Crippen molar-refractivity contribution >= 4 is 45.9 Å². The summed E-state index contributed by atoms with van der Waals surface area (Å²) in [6.07, 6.45) is 8.82. The number of carbonyl (C=O) groups is 1. The van der Waals surface area contributed by atoms with Gasteiger partial charge in [0.2, 0.25) is 5.91 Å². The van der Waals surface area contributed by atoms with Crippen LogP contribution in [0.1, 0.15) is 36.2 Å². The van der Waals surface area contributed by atoms with E-state index >= 15 is 0 Å². The predicted octanol–water partition coefficient (Wildman–Crippen LogP) is 5.20. The van der Waals surface area contributed by atoms with Crippen molar-refractivity contribution in [2.45, 2.75) is 43.9 Å². The van der Waals surface area contributed by atoms with E-state index in [-0.39, 0.29) is 11.4 Å². The van der Waals surface area contributed by atoms with Gasteiger partial charge in [0.1, 0.15) is 24.9 Å². The SMILES string of the molecule is CN(CC1CN(C(=O)/C=C/c2ccncn2)C1)c1nc(OC[C@@]23CCCN2C[C@H](F)C3)nc2c1CCN(c1cccc3cccc(Cl)c13)C2. The summed E-state index contributed by atoms with van der Waals surface area (Å²) >= 11 is 6.73. The summed E-state index contributed by atoms with van der Waals surface area (Å²) in [5.41, 5.74) is 3.53. The fourth-order valence-electron chi connectivity index (χ4n) is 8.16. The fraction of sp³-hybridized carbons (Fsp3) is 0.432. The van der Waals surface area contributed by atoms with Crippen molar-refractivity contribution in [1.29, 1.82) is 0 Å². The van der Waals surface area contributed by atoms with Crippen LogP contribution in [0.4, 0.5) is 15.9 Å². The quantitative estimate of drug-likeness (QED) is 0.221. The highest BCUT2D eigenvalue weighted by Crippen LogP contribution is 2.41. The van der Waals surface area contributed by atoms with E-state index in [0.29, 0.717) is 56.8 Å². The van der Waals surface area contributed by atoms with Crippen molar-refractivity contribution in [1.82, 2.24) is 29.7 Å². The number of hydrogen-bond donors (Lipinski definition) is 0. The Morgan fingerprint density at radius 3 is 2.84 bits per heavy atom. The van der Waals surface area contributed by atoms with Gasteiger partial charge < -0.3 is 19.4 Å². The number of alkyl halides is 1. The molecule has 2 aromatic carbocycles. The molecule has 49 heavy (non-hydrogen) atoms. The molecule has 2 aromatic heterocycles. The molecule has 0 unspecified atom stereocenters. The summed E-state index contributed by atoms with van der Waals surface area (Å²) in [6.45, 7) is 5.23. The number of nitrogens with zero attached hydrogens (tertiary/aromatic N) is 8. The summed E-state index contributed by atoms with van der Waals surface area (Å²) < 4.78 is 21.0. The second-order valence-electron chi connectivity index (χ2n) is 13.9. The lowest BCUT2D eigenvalue weighted by Gasteiger charge is -2.41. The van der Waals surface area contributed by atoms with Crippen molar-refractivity contribution in [3.63, 3.8) is 0 Å². The van der Waals surface area contributed by atoms with Gasteiger partial charge >= 0.3 is 6.01 Å². The predicted molar refractivity (Wildman–Crippen MR) is 189 cm³/mol. The molecule has 0 radical (unpaired) electrons. The molecule has 2 atom stereocenters. The van der Waals surface area contributed by atoms with Crippen LogP contribution in [0.5, 0.6) is 6.01 Å². The third-order valence-corrected chi connectivity index (χ3v) is 10.9. The molecule has 1 amide bonds. The van der Waals surface area contributed by atoms with Crippen molar-refractivity contribution < 1.29 is 13.9 Å². The average Bonchev–Trinajstić information content (AvgIpc) is 3.63. The molecule has 0 bridgehead atoms. The Bertz CT molecular complexity index is 1880. The maximum absolute atomic E-state index is 14.5. The van der Waals surface area contributed by atoms with E-state index < -0.39 is 6.17 Å². The molecule has 0 spiro atoms. The molecule has 3 saturated heterocycles. The van der Waals surface area contributed by atoms with E-state index in [4.69, 9.17) is 26.3 Å². The summed E-state index contributed by atoms with van der Waals surface area (Å²) in [7, 11) is 2.06. The number of likely N-dealkylation sites (tertiary alicyclic amines) is 1. The van der Waals surface area contributed by atoms with Crippen LogP contribution in [0.2, 0.25) is 5.02 Å². The van der Waals surface area contributed by atoms with Crippen LogP contribution < -0.4 is 14.5 Å². The zero-order valence-corrected chi connectivity index (χ0v) is 28.4. The Hall–Kier alpha value is -4.35. The van der Waals surface area contributed by atoms with Crippen LogP contribution >= 0.6 is 11.6 Å². The number of aromatic nitrogens is 4. The number of ether oxygens (including phenoxy) is 1. The van der Waals surface area contributed by atoms with E-state index in [1.165, 1.54) is 6.33 Å². The molecule has 254 valence electrons. The Morgan fingerprint density at radius 1 is 1.14 bits per heavy atom. The largest absolute Gasteiger partial charge is 0.461 e. The van der Waals surface area contributed by atoms with Crippen LogP contribution in [-0.2, 0) is 17.8 Å². The molecule has 0 N–H and O–H groups in total. The van der Waals surface area contributed by atoms with E-state index in [9.17, 15) is 9.18 Å². The molecule has 12 heteroatoms. The molecule has 4 aliphatic rings. The van der Waals surface area contributed by atoms with Crippen LogP contribution in [-0.4, -0.2) is 100 Å². The Kier molecular flexibility index (Phi) is 8.57. The van der Waals surface area contributed by atoms with Crippen LogP contribution in [0, 0.1) is 5.92 Å². The molecular weight excluding hydrogens is 643 g/mol. The van der Waals surface area contributed by atoms with Crippen molar-refractivity contribution in [2.24, 2.45) is 5.92 Å². The second kappa shape index (κ2) is 13.2. The van der Waals surface area contributed by atoms with Gasteiger partial charge in [-0.05, 0) is 55.5 Å². The van der Waals surface area contributed by atoms with Gasteiger partial charge in [-0.2, -0.15) is 9.97 Å². The second-order valence-corrected chi connectivity index (χ2v) is 14.3. The highest BCUT2D eigenvalue weighted by molar-refractivity contribution is 6.36. The highest BCUT2D eigenvalue weighted by atomic mass is 35.5. The number of carbonyl (C=O) groups excluding carboxylic acids is 1. The molecule has 3 fully saturated rings. The number of fused-ring (bicyclic) bond motifs is 3. The summed E-state index contributed by atoms with van der Waals surface area (Å²) in [5, 5.41) is 2.87. The number of anilines is 2. The molecule has 4 aliphatic heterocycles. The van der Waals surface area contributed by atoms with Gasteiger partial charge in [0, 0.05) is 81.0 Å². The minimum Gasteiger partial charge on any atom is -0.461 e. The topological polar surface area (TPSA) is 90.8 Å². The molecule has 10 nitrogen and oxygen atoms in total. The summed E-state index contributed by atoms with van der Waals surface area (Å²) in [4.78, 5) is 39.5. The van der Waals surface area contributed by atoms with E-state index in [1.807, 2.05) is 17.0 Å². The van der Waals surface area contributed by atoms with E-state index in [2.05, 4.69) is 56.0 Å². The first kappa shape index (κ1) is 31.9. The van der Waals surface area contributed by atoms with Crippen LogP contribution in [0.15, 0.2) is 61.1 Å². The number of hydrogen-bond acceptors (Lipinski definition) is 9. The molecule has 8 rings (SSSR count). The zero-order valence-electron chi connectivity index (χ0n) is 27.6. The van der Waals surface area contributed by atoms with Crippen molar-refractivity contribution in [3.8, 4) is 6.01 Å². The minimum atomic E-state index is -0.826. The summed E-state index contributed by atoms with van der Waals surface area (Å²) in [6, 6.07) is 14.4. The van der Waals surface area contributed by atoms with Gasteiger partial charge in [-0.25, -0.2) is 14.4 Å². The number of halogens is 2. The third-order valence-electron chi connectivity index (χ3n) is 10.6. The van der Waals surface area contributed by atoms with Gasteiger partial charge in [0.25, 0.3) is 0 Å². The fourth-order valence-corrected chi connectivity index (χ4v) is 8.44. The standard InChI is InChI=1S/C37H40ClFN8O2/c1-44(18-25-19-46(20-25)33(48)10-9-28-11-14-40-24-41-28)35-29-12-16-45(32-8-3-6-26-5-2-7-30(38)34(26)32)22-31(29)42-36(43-35)49-23-37-13-4-15-47(37)21-27(39)17-37/h2-3,5-11,14,24-25,27H,4,12-13,15-23H2,1H3/b10-9+/t27-,37+/m1/s1. The van der Waals surface area contributed by atoms with Crippen LogP contribution in [0.3, 0.4) is 0 Å². The maximum atomic E-state index is 14.5. The monoisotopic (exact) mass is 682 g/mol. The van der Waals surface area contributed by atoms with Gasteiger partial charge in [0.15, 0.2) is 0 Å². The molecular formula is C37H40ClFN8O2. The van der Waals surface area contributed by atoms with Gasteiger partial charge in [-0.15, -0.1) is 0 Å². The number of benzene rings is 2. The molecule has 0 aliphatic carbocycles. The minimum absolute atomic E-state index is 0.0241. The molecule has 4 aromatic rings. The lowest BCUT2D eigenvalue weighted by Crippen LogP contribution is -2.53. The first-order chi connectivity index (χ1) is 23.8. The smallest absolute Gasteiger partial charge is 0.318 e. The highest BCUT2D eigenvalue weighted by Gasteiger charge is 2.49.